The molecule has 7 heteroatoms. The summed E-state index contributed by atoms with van der Waals surface area (Å²) in [5, 5.41) is 3.38. The molecule has 3 aromatic rings. The Morgan fingerprint density at radius 2 is 1.59 bits per heavy atom. The fraction of sp³-hybridized carbons (Fsp3) is 0.375. The third-order valence-electron chi connectivity index (χ3n) is 8.49. The number of amides is 2. The summed E-state index contributed by atoms with van der Waals surface area (Å²) in [6.07, 6.45) is 2.57. The van der Waals surface area contributed by atoms with Crippen molar-refractivity contribution in [1.29, 1.82) is 0 Å². The summed E-state index contributed by atoms with van der Waals surface area (Å²) in [7, 11) is 3.14. The van der Waals surface area contributed by atoms with Gasteiger partial charge in [-0.25, -0.2) is 0 Å². The highest BCUT2D eigenvalue weighted by Crippen LogP contribution is 2.48. The molecule has 0 aromatic heterocycles. The lowest BCUT2D eigenvalue weighted by Gasteiger charge is -2.45. The topological polar surface area (TPSA) is 71.1 Å². The molecule has 39 heavy (non-hydrogen) atoms. The third-order valence-corrected chi connectivity index (χ3v) is 8.49. The molecule has 0 spiro atoms. The van der Waals surface area contributed by atoms with Gasteiger partial charge < -0.3 is 19.7 Å². The summed E-state index contributed by atoms with van der Waals surface area (Å²) in [4.78, 5) is 32.3. The highest BCUT2D eigenvalue weighted by atomic mass is 16.5. The van der Waals surface area contributed by atoms with Gasteiger partial charge in [-0.15, -0.1) is 0 Å². The van der Waals surface area contributed by atoms with Gasteiger partial charge in [-0.2, -0.15) is 0 Å². The Hall–Kier alpha value is -3.84. The van der Waals surface area contributed by atoms with Crippen LogP contribution in [0.5, 0.6) is 11.5 Å². The SMILES string of the molecule is COc1cc2c(cc1OC)[C@@H](C(=O)NC1CCN(Cc3ccccc3)CC1)[C@@H]1c3ccccc3CCN1C2=O. The lowest BCUT2D eigenvalue weighted by molar-refractivity contribution is -0.125. The number of likely N-dealkylation sites (tertiary alicyclic amines) is 1. The predicted octanol–water partition coefficient (Wildman–Crippen LogP) is 4.32. The van der Waals surface area contributed by atoms with Crippen molar-refractivity contribution < 1.29 is 19.1 Å². The maximum absolute atomic E-state index is 14.2. The Labute approximate surface area is 229 Å². The molecule has 0 bridgehead atoms. The average molecular weight is 526 g/mol. The number of nitrogens with zero attached hydrogens (tertiary/aromatic N) is 2. The van der Waals surface area contributed by atoms with Crippen molar-refractivity contribution in [2.45, 2.75) is 43.8 Å². The van der Waals surface area contributed by atoms with Gasteiger partial charge in [0.2, 0.25) is 5.91 Å². The number of hydrogen-bond acceptors (Lipinski definition) is 5. The number of nitrogens with one attached hydrogen (secondary N) is 1. The maximum Gasteiger partial charge on any atom is 0.254 e. The fourth-order valence-corrected chi connectivity index (χ4v) is 6.50. The van der Waals surface area contributed by atoms with Crippen LogP contribution in [-0.4, -0.2) is 61.5 Å². The van der Waals surface area contributed by atoms with Crippen LogP contribution in [0.3, 0.4) is 0 Å². The first-order valence-electron chi connectivity index (χ1n) is 13.8. The van der Waals surface area contributed by atoms with E-state index in [1.807, 2.05) is 29.2 Å². The normalized spacial score (nSPS) is 21.0. The molecule has 0 unspecified atom stereocenters. The molecule has 1 fully saturated rings. The third kappa shape index (κ3) is 4.76. The Morgan fingerprint density at radius 3 is 2.33 bits per heavy atom. The number of carbonyl (C=O) groups excluding carboxylic acids is 2. The highest BCUT2D eigenvalue weighted by Gasteiger charge is 2.47. The van der Waals surface area contributed by atoms with Crippen LogP contribution >= 0.6 is 0 Å². The van der Waals surface area contributed by atoms with E-state index >= 15 is 0 Å². The largest absolute Gasteiger partial charge is 0.493 e. The number of hydrogen-bond donors (Lipinski definition) is 1. The zero-order valence-electron chi connectivity index (χ0n) is 22.6. The van der Waals surface area contributed by atoms with E-state index in [1.54, 1.807) is 20.3 Å². The number of carbonyl (C=O) groups is 2. The molecule has 0 saturated carbocycles. The predicted molar refractivity (Wildman–Crippen MR) is 149 cm³/mol. The number of methoxy groups -OCH3 is 2. The number of fused-ring (bicyclic) bond motifs is 4. The molecule has 1 N–H and O–H groups in total. The molecule has 6 rings (SSSR count). The molecular formula is C32H35N3O4. The molecule has 3 heterocycles. The van der Waals surface area contributed by atoms with E-state index in [9.17, 15) is 9.59 Å². The Morgan fingerprint density at radius 1 is 0.897 bits per heavy atom. The van der Waals surface area contributed by atoms with Gasteiger partial charge in [-0.1, -0.05) is 54.6 Å². The summed E-state index contributed by atoms with van der Waals surface area (Å²) in [5.74, 6) is 0.369. The molecule has 7 nitrogen and oxygen atoms in total. The molecule has 3 aromatic carbocycles. The first-order valence-corrected chi connectivity index (χ1v) is 13.8. The quantitative estimate of drug-likeness (QED) is 0.519. The van der Waals surface area contributed by atoms with Crippen LogP contribution in [0.1, 0.15) is 57.4 Å². The van der Waals surface area contributed by atoms with E-state index in [0.717, 1.165) is 44.5 Å². The zero-order valence-corrected chi connectivity index (χ0v) is 22.6. The van der Waals surface area contributed by atoms with Crippen LogP contribution in [-0.2, 0) is 17.8 Å². The molecule has 1 saturated heterocycles. The van der Waals surface area contributed by atoms with E-state index in [4.69, 9.17) is 9.47 Å². The second kappa shape index (κ2) is 10.7. The van der Waals surface area contributed by atoms with Crippen LogP contribution in [0, 0.1) is 0 Å². The Kier molecular flexibility index (Phi) is 7.00. The van der Waals surface area contributed by atoms with Crippen LogP contribution in [0.2, 0.25) is 0 Å². The summed E-state index contributed by atoms with van der Waals surface area (Å²) in [5.41, 5.74) is 4.78. The van der Waals surface area contributed by atoms with Gasteiger partial charge in [0.15, 0.2) is 11.5 Å². The van der Waals surface area contributed by atoms with Crippen LogP contribution in [0.15, 0.2) is 66.7 Å². The van der Waals surface area contributed by atoms with Gasteiger partial charge in [-0.05, 0) is 53.6 Å². The molecule has 2 atom stereocenters. The van der Waals surface area contributed by atoms with E-state index in [1.165, 1.54) is 11.1 Å². The van der Waals surface area contributed by atoms with E-state index in [-0.39, 0.29) is 23.9 Å². The lowest BCUT2D eigenvalue weighted by atomic mass is 9.75. The fourth-order valence-electron chi connectivity index (χ4n) is 6.50. The van der Waals surface area contributed by atoms with Crippen molar-refractivity contribution in [2.24, 2.45) is 0 Å². The summed E-state index contributed by atoms with van der Waals surface area (Å²) in [6, 6.07) is 22.0. The maximum atomic E-state index is 14.2. The number of benzene rings is 3. The van der Waals surface area contributed by atoms with Gasteiger partial charge in [0.1, 0.15) is 0 Å². The van der Waals surface area contributed by atoms with Gasteiger partial charge in [0.25, 0.3) is 5.91 Å². The number of piperidine rings is 1. The van der Waals surface area contributed by atoms with Crippen molar-refractivity contribution in [3.05, 3.63) is 94.5 Å². The molecule has 0 aliphatic carbocycles. The molecular weight excluding hydrogens is 490 g/mol. The first-order chi connectivity index (χ1) is 19.1. The lowest BCUT2D eigenvalue weighted by Crippen LogP contribution is -2.52. The number of ether oxygens (including phenoxy) is 2. The zero-order chi connectivity index (χ0) is 26.9. The monoisotopic (exact) mass is 525 g/mol. The van der Waals surface area contributed by atoms with Gasteiger partial charge in [0.05, 0.1) is 26.2 Å². The smallest absolute Gasteiger partial charge is 0.254 e. The van der Waals surface area contributed by atoms with Crippen LogP contribution < -0.4 is 14.8 Å². The summed E-state index contributed by atoms with van der Waals surface area (Å²) < 4.78 is 11.1. The van der Waals surface area contributed by atoms with E-state index < -0.39 is 5.92 Å². The van der Waals surface area contributed by atoms with Crippen LogP contribution in [0.4, 0.5) is 0 Å². The Balaban J connectivity index is 1.29. The van der Waals surface area contributed by atoms with Gasteiger partial charge in [-0.3, -0.25) is 14.5 Å². The van der Waals surface area contributed by atoms with Crippen LogP contribution in [0.25, 0.3) is 0 Å². The second-order valence-corrected chi connectivity index (χ2v) is 10.7. The standard InChI is InChI=1S/C32H35N3O4/c1-38-27-18-25-26(19-28(27)39-2)32(37)35-17-12-22-10-6-7-11-24(22)30(35)29(25)31(36)33-23-13-15-34(16-14-23)20-21-8-4-3-5-9-21/h3-11,18-19,23,29-30H,12-17,20H2,1-2H3,(H,33,36)/t29-,30+/m1/s1. The van der Waals surface area contributed by atoms with Gasteiger partial charge in [0, 0.05) is 37.8 Å². The van der Waals surface area contributed by atoms with Crippen molar-refractivity contribution in [3.8, 4) is 11.5 Å². The molecule has 3 aliphatic rings. The molecule has 202 valence electrons. The van der Waals surface area contributed by atoms with E-state index in [2.05, 4.69) is 46.6 Å². The minimum atomic E-state index is -0.540. The second-order valence-electron chi connectivity index (χ2n) is 10.7. The van der Waals surface area contributed by atoms with Crippen molar-refractivity contribution in [1.82, 2.24) is 15.1 Å². The molecule has 2 amide bonds. The average Bonchev–Trinajstić information content (AvgIpc) is 2.98. The van der Waals surface area contributed by atoms with Crippen molar-refractivity contribution in [3.63, 3.8) is 0 Å². The molecule has 0 radical (unpaired) electrons. The van der Waals surface area contributed by atoms with Crippen molar-refractivity contribution >= 4 is 11.8 Å². The number of rotatable bonds is 6. The summed E-state index contributed by atoms with van der Waals surface area (Å²) in [6.45, 7) is 3.37. The van der Waals surface area contributed by atoms with Gasteiger partial charge >= 0.3 is 0 Å². The van der Waals surface area contributed by atoms with E-state index in [0.29, 0.717) is 29.2 Å². The first kappa shape index (κ1) is 25.4. The molecule has 3 aliphatic heterocycles. The van der Waals surface area contributed by atoms with Crippen molar-refractivity contribution in [2.75, 3.05) is 33.9 Å². The highest BCUT2D eigenvalue weighted by molar-refractivity contribution is 6.02. The summed E-state index contributed by atoms with van der Waals surface area (Å²) >= 11 is 0. The Bertz CT molecular complexity index is 1370. The minimum absolute atomic E-state index is 0.0378. The minimum Gasteiger partial charge on any atom is -0.493 e.